The molecule has 1 aliphatic rings. The van der Waals surface area contributed by atoms with Gasteiger partial charge in [-0.1, -0.05) is 6.92 Å². The first-order chi connectivity index (χ1) is 9.99. The zero-order chi connectivity index (χ0) is 15.4. The van der Waals surface area contributed by atoms with E-state index >= 15 is 0 Å². The van der Waals surface area contributed by atoms with Gasteiger partial charge in [-0.15, -0.1) is 0 Å². The van der Waals surface area contributed by atoms with Gasteiger partial charge in [0.05, 0.1) is 12.1 Å². The van der Waals surface area contributed by atoms with Gasteiger partial charge < -0.3 is 10.4 Å². The van der Waals surface area contributed by atoms with Gasteiger partial charge in [0, 0.05) is 24.5 Å². The van der Waals surface area contributed by atoms with Crippen LogP contribution in [0.1, 0.15) is 35.7 Å². The van der Waals surface area contributed by atoms with Crippen LogP contribution in [-0.2, 0) is 4.79 Å². The van der Waals surface area contributed by atoms with Gasteiger partial charge in [-0.3, -0.25) is 19.5 Å². The van der Waals surface area contributed by atoms with Crippen molar-refractivity contribution >= 4 is 11.9 Å². The zero-order valence-corrected chi connectivity index (χ0v) is 12.4. The number of likely N-dealkylation sites (N-methyl/N-ethyl adjacent to an activating group) is 1. The predicted octanol–water partition coefficient (Wildman–Crippen LogP) is 1.06. The summed E-state index contributed by atoms with van der Waals surface area (Å²) >= 11 is 0. The molecule has 6 nitrogen and oxygen atoms in total. The molecule has 1 amide bonds. The number of hydrogen-bond acceptors (Lipinski definition) is 4. The minimum absolute atomic E-state index is 0.0592. The molecule has 1 aliphatic carbocycles. The highest BCUT2D eigenvalue weighted by molar-refractivity contribution is 5.94. The summed E-state index contributed by atoms with van der Waals surface area (Å²) in [5.41, 5.74) is 1.52. The molecule has 0 aromatic carbocycles. The van der Waals surface area contributed by atoms with Crippen LogP contribution in [0.15, 0.2) is 18.5 Å². The number of rotatable bonds is 6. The van der Waals surface area contributed by atoms with E-state index in [1.54, 1.807) is 18.5 Å². The van der Waals surface area contributed by atoms with E-state index in [1.807, 2.05) is 18.7 Å². The molecule has 0 radical (unpaired) electrons. The third-order valence-corrected chi connectivity index (χ3v) is 3.85. The summed E-state index contributed by atoms with van der Waals surface area (Å²) in [4.78, 5) is 28.8. The summed E-state index contributed by atoms with van der Waals surface area (Å²) in [7, 11) is 0. The van der Waals surface area contributed by atoms with Gasteiger partial charge in [0.2, 0.25) is 0 Å². The zero-order valence-electron chi connectivity index (χ0n) is 12.4. The standard InChI is InChI=1S/C15H21N3O3/c1-3-18(9-14(19)20)13-5-12(6-13)17-15(21)11-4-10(2)7-16-8-11/h4,7-8,12-13H,3,5-6,9H2,1-2H3,(H,17,21)(H,19,20). The highest BCUT2D eigenvalue weighted by Gasteiger charge is 2.34. The van der Waals surface area contributed by atoms with Crippen molar-refractivity contribution in [3.8, 4) is 0 Å². The molecular formula is C15H21N3O3. The van der Waals surface area contributed by atoms with Crippen LogP contribution < -0.4 is 5.32 Å². The summed E-state index contributed by atoms with van der Waals surface area (Å²) < 4.78 is 0. The highest BCUT2D eigenvalue weighted by atomic mass is 16.4. The number of aromatic nitrogens is 1. The molecule has 1 aromatic rings. The lowest BCUT2D eigenvalue weighted by Gasteiger charge is -2.42. The summed E-state index contributed by atoms with van der Waals surface area (Å²) in [6.45, 7) is 4.62. The molecule has 0 saturated heterocycles. The van der Waals surface area contributed by atoms with Crippen LogP contribution in [0.2, 0.25) is 0 Å². The number of carbonyl (C=O) groups is 2. The molecule has 2 N–H and O–H groups in total. The Morgan fingerprint density at radius 3 is 2.71 bits per heavy atom. The SMILES string of the molecule is CCN(CC(=O)O)C1CC(NC(=O)c2cncc(C)c2)C1. The average molecular weight is 291 g/mol. The lowest BCUT2D eigenvalue weighted by Crippen LogP contribution is -2.54. The molecule has 21 heavy (non-hydrogen) atoms. The number of carbonyl (C=O) groups excluding carboxylic acids is 1. The normalized spacial score (nSPS) is 20.9. The average Bonchev–Trinajstić information content (AvgIpc) is 2.39. The van der Waals surface area contributed by atoms with E-state index in [9.17, 15) is 9.59 Å². The van der Waals surface area contributed by atoms with Gasteiger partial charge in [-0.25, -0.2) is 0 Å². The van der Waals surface area contributed by atoms with Crippen molar-refractivity contribution < 1.29 is 14.7 Å². The largest absolute Gasteiger partial charge is 0.480 e. The van der Waals surface area contributed by atoms with Crippen LogP contribution in [0.5, 0.6) is 0 Å². The molecule has 1 heterocycles. The van der Waals surface area contributed by atoms with Crippen molar-refractivity contribution in [2.75, 3.05) is 13.1 Å². The van der Waals surface area contributed by atoms with Gasteiger partial charge in [-0.2, -0.15) is 0 Å². The van der Waals surface area contributed by atoms with E-state index in [1.165, 1.54) is 0 Å². The Balaban J connectivity index is 1.82. The third-order valence-electron chi connectivity index (χ3n) is 3.85. The van der Waals surface area contributed by atoms with Crippen molar-refractivity contribution in [3.63, 3.8) is 0 Å². The molecule has 114 valence electrons. The maximum Gasteiger partial charge on any atom is 0.317 e. The third kappa shape index (κ3) is 4.01. The van der Waals surface area contributed by atoms with Gasteiger partial charge in [0.25, 0.3) is 5.91 Å². The smallest absolute Gasteiger partial charge is 0.317 e. The number of amides is 1. The number of pyridine rings is 1. The second kappa shape index (κ2) is 6.67. The van der Waals surface area contributed by atoms with Crippen LogP contribution in [0, 0.1) is 6.92 Å². The fraction of sp³-hybridized carbons (Fsp3) is 0.533. The topological polar surface area (TPSA) is 82.5 Å². The Morgan fingerprint density at radius 2 is 2.14 bits per heavy atom. The molecule has 2 rings (SSSR count). The number of hydrogen-bond donors (Lipinski definition) is 2. The van der Waals surface area contributed by atoms with Gasteiger partial charge >= 0.3 is 5.97 Å². The number of nitrogens with one attached hydrogen (secondary N) is 1. The maximum absolute atomic E-state index is 12.1. The van der Waals surface area contributed by atoms with Gasteiger partial charge in [-0.05, 0) is 37.9 Å². The van der Waals surface area contributed by atoms with E-state index in [0.717, 1.165) is 18.4 Å². The summed E-state index contributed by atoms with van der Waals surface area (Å²) in [5, 5.41) is 11.8. The molecule has 1 saturated carbocycles. The van der Waals surface area contributed by atoms with E-state index in [4.69, 9.17) is 5.11 Å². The van der Waals surface area contributed by atoms with Crippen molar-refractivity contribution in [3.05, 3.63) is 29.6 Å². The predicted molar refractivity (Wildman–Crippen MR) is 78.1 cm³/mol. The first kappa shape index (κ1) is 15.4. The van der Waals surface area contributed by atoms with E-state index < -0.39 is 5.97 Å². The lowest BCUT2D eigenvalue weighted by atomic mass is 9.85. The van der Waals surface area contributed by atoms with E-state index in [0.29, 0.717) is 12.1 Å². The van der Waals surface area contributed by atoms with Crippen LogP contribution in [0.4, 0.5) is 0 Å². The van der Waals surface area contributed by atoms with E-state index in [2.05, 4.69) is 10.3 Å². The fourth-order valence-corrected chi connectivity index (χ4v) is 2.62. The Labute approximate surface area is 124 Å². The second-order valence-electron chi connectivity index (χ2n) is 5.50. The van der Waals surface area contributed by atoms with Crippen molar-refractivity contribution in [2.45, 2.75) is 38.8 Å². The molecule has 0 unspecified atom stereocenters. The number of carboxylic acid groups (broad SMARTS) is 1. The first-order valence-corrected chi connectivity index (χ1v) is 7.18. The molecule has 0 spiro atoms. The molecule has 1 aromatic heterocycles. The molecular weight excluding hydrogens is 270 g/mol. The molecule has 1 fully saturated rings. The molecule has 0 bridgehead atoms. The second-order valence-corrected chi connectivity index (χ2v) is 5.50. The Morgan fingerprint density at radius 1 is 1.43 bits per heavy atom. The van der Waals surface area contributed by atoms with Crippen LogP contribution in [0.25, 0.3) is 0 Å². The Kier molecular flexibility index (Phi) is 4.90. The van der Waals surface area contributed by atoms with Gasteiger partial charge in [0.15, 0.2) is 0 Å². The maximum atomic E-state index is 12.1. The van der Waals surface area contributed by atoms with Crippen LogP contribution in [0.3, 0.4) is 0 Å². The summed E-state index contributed by atoms with van der Waals surface area (Å²) in [6.07, 6.45) is 4.86. The lowest BCUT2D eigenvalue weighted by molar-refractivity contribution is -0.139. The first-order valence-electron chi connectivity index (χ1n) is 7.18. The molecule has 0 atom stereocenters. The Hall–Kier alpha value is -1.95. The van der Waals surface area contributed by atoms with Crippen LogP contribution in [-0.4, -0.2) is 52.0 Å². The number of aryl methyl sites for hydroxylation is 1. The monoisotopic (exact) mass is 291 g/mol. The van der Waals surface area contributed by atoms with Crippen LogP contribution >= 0.6 is 0 Å². The Bertz CT molecular complexity index is 527. The highest BCUT2D eigenvalue weighted by Crippen LogP contribution is 2.25. The molecule has 6 heteroatoms. The number of aliphatic carboxylic acids is 1. The number of carboxylic acids is 1. The van der Waals surface area contributed by atoms with Crippen molar-refractivity contribution in [1.29, 1.82) is 0 Å². The summed E-state index contributed by atoms with van der Waals surface area (Å²) in [6, 6.07) is 2.17. The minimum atomic E-state index is -0.810. The van der Waals surface area contributed by atoms with Crippen molar-refractivity contribution in [1.82, 2.24) is 15.2 Å². The minimum Gasteiger partial charge on any atom is -0.480 e. The molecule has 0 aliphatic heterocycles. The van der Waals surface area contributed by atoms with Gasteiger partial charge in [0.1, 0.15) is 0 Å². The fourth-order valence-electron chi connectivity index (χ4n) is 2.62. The summed E-state index contributed by atoms with van der Waals surface area (Å²) in [5.74, 6) is -0.925. The van der Waals surface area contributed by atoms with E-state index in [-0.39, 0.29) is 24.5 Å². The van der Waals surface area contributed by atoms with Crippen molar-refractivity contribution in [2.24, 2.45) is 0 Å². The number of nitrogens with zero attached hydrogens (tertiary/aromatic N) is 2. The quantitative estimate of drug-likeness (QED) is 0.819.